The van der Waals surface area contributed by atoms with E-state index in [0.29, 0.717) is 25.3 Å². The molecule has 1 amide bonds. The van der Waals surface area contributed by atoms with Gasteiger partial charge >= 0.3 is 0 Å². The number of aryl methyl sites for hydroxylation is 1. The number of para-hydroxylation sites is 1. The SMILES string of the molecule is COc1ccccc1CC(=O)N1CC[C@H](c2cc(=O)[nH]c(C)n2)C1. The van der Waals surface area contributed by atoms with Gasteiger partial charge in [-0.15, -0.1) is 0 Å². The molecule has 2 heterocycles. The van der Waals surface area contributed by atoms with Gasteiger partial charge in [0.25, 0.3) is 5.56 Å². The number of nitrogens with zero attached hydrogens (tertiary/aromatic N) is 2. The Morgan fingerprint density at radius 3 is 2.96 bits per heavy atom. The van der Waals surface area contributed by atoms with E-state index in [1.54, 1.807) is 14.0 Å². The van der Waals surface area contributed by atoms with Crippen molar-refractivity contribution in [3.63, 3.8) is 0 Å². The van der Waals surface area contributed by atoms with Crippen LogP contribution in [-0.4, -0.2) is 41.0 Å². The molecule has 0 aliphatic carbocycles. The van der Waals surface area contributed by atoms with E-state index in [0.717, 1.165) is 23.4 Å². The number of H-pyrrole nitrogens is 1. The number of aromatic nitrogens is 2. The fourth-order valence-corrected chi connectivity index (χ4v) is 3.16. The van der Waals surface area contributed by atoms with Crippen LogP contribution in [0.25, 0.3) is 0 Å². The number of aromatic amines is 1. The number of methoxy groups -OCH3 is 1. The van der Waals surface area contributed by atoms with Crippen LogP contribution < -0.4 is 10.3 Å². The van der Waals surface area contributed by atoms with Crippen molar-refractivity contribution >= 4 is 5.91 Å². The first-order valence-electron chi connectivity index (χ1n) is 8.04. The zero-order valence-corrected chi connectivity index (χ0v) is 13.9. The Kier molecular flexibility index (Phi) is 4.64. The highest BCUT2D eigenvalue weighted by atomic mass is 16.5. The highest BCUT2D eigenvalue weighted by Crippen LogP contribution is 2.26. The number of nitrogens with one attached hydrogen (secondary N) is 1. The molecule has 0 bridgehead atoms. The molecule has 1 aromatic heterocycles. The molecule has 1 aromatic carbocycles. The Morgan fingerprint density at radius 2 is 2.21 bits per heavy atom. The molecule has 1 N–H and O–H groups in total. The Hall–Kier alpha value is -2.63. The van der Waals surface area contributed by atoms with Crippen LogP contribution in [0.1, 0.15) is 29.4 Å². The lowest BCUT2D eigenvalue weighted by Gasteiger charge is -2.17. The van der Waals surface area contributed by atoms with Gasteiger partial charge in [0, 0.05) is 30.6 Å². The molecular weight excluding hydrogens is 306 g/mol. The van der Waals surface area contributed by atoms with Crippen LogP contribution in [0.15, 0.2) is 35.1 Å². The maximum absolute atomic E-state index is 12.6. The summed E-state index contributed by atoms with van der Waals surface area (Å²) in [7, 11) is 1.61. The van der Waals surface area contributed by atoms with Crippen LogP contribution in [-0.2, 0) is 11.2 Å². The van der Waals surface area contributed by atoms with Crippen molar-refractivity contribution in [1.29, 1.82) is 0 Å². The van der Waals surface area contributed by atoms with Crippen LogP contribution in [0.2, 0.25) is 0 Å². The summed E-state index contributed by atoms with van der Waals surface area (Å²) < 4.78 is 5.31. The van der Waals surface area contributed by atoms with Crippen LogP contribution >= 0.6 is 0 Å². The fourth-order valence-electron chi connectivity index (χ4n) is 3.16. The summed E-state index contributed by atoms with van der Waals surface area (Å²) in [5.74, 6) is 1.53. The van der Waals surface area contributed by atoms with Crippen molar-refractivity contribution in [3.05, 3.63) is 57.8 Å². The maximum Gasteiger partial charge on any atom is 0.251 e. The second kappa shape index (κ2) is 6.86. The average Bonchev–Trinajstić information content (AvgIpc) is 3.04. The molecule has 1 saturated heterocycles. The molecule has 0 spiro atoms. The summed E-state index contributed by atoms with van der Waals surface area (Å²) >= 11 is 0. The predicted molar refractivity (Wildman–Crippen MR) is 90.2 cm³/mol. The van der Waals surface area contributed by atoms with Crippen molar-refractivity contribution in [1.82, 2.24) is 14.9 Å². The molecule has 1 aliphatic rings. The molecule has 1 atom stereocenters. The van der Waals surface area contributed by atoms with Crippen molar-refractivity contribution in [2.24, 2.45) is 0 Å². The molecule has 126 valence electrons. The molecule has 0 saturated carbocycles. The van der Waals surface area contributed by atoms with Crippen molar-refractivity contribution in [2.45, 2.75) is 25.7 Å². The number of carbonyl (C=O) groups excluding carboxylic acids is 1. The fraction of sp³-hybridized carbons (Fsp3) is 0.389. The first-order chi connectivity index (χ1) is 11.6. The molecule has 6 heteroatoms. The minimum absolute atomic E-state index is 0.0727. The lowest BCUT2D eigenvalue weighted by atomic mass is 10.0. The summed E-state index contributed by atoms with van der Waals surface area (Å²) in [6, 6.07) is 9.09. The van der Waals surface area contributed by atoms with Gasteiger partial charge in [0.1, 0.15) is 11.6 Å². The number of hydrogen-bond acceptors (Lipinski definition) is 4. The van der Waals surface area contributed by atoms with Crippen LogP contribution in [0.5, 0.6) is 5.75 Å². The normalized spacial score (nSPS) is 17.1. The van der Waals surface area contributed by atoms with E-state index in [1.807, 2.05) is 29.2 Å². The number of ether oxygens (including phenoxy) is 1. The maximum atomic E-state index is 12.6. The van der Waals surface area contributed by atoms with E-state index < -0.39 is 0 Å². The molecule has 6 nitrogen and oxygen atoms in total. The zero-order chi connectivity index (χ0) is 17.1. The standard InChI is InChI=1S/C18H21N3O3/c1-12-19-15(10-17(22)20-12)14-7-8-21(11-14)18(23)9-13-5-3-4-6-16(13)24-2/h3-6,10,14H,7-9,11H2,1-2H3,(H,19,20,22)/t14-/m0/s1. The van der Waals surface area contributed by atoms with E-state index in [2.05, 4.69) is 9.97 Å². The molecule has 24 heavy (non-hydrogen) atoms. The largest absolute Gasteiger partial charge is 0.496 e. The third-order valence-electron chi connectivity index (χ3n) is 4.37. The van der Waals surface area contributed by atoms with Gasteiger partial charge in [-0.2, -0.15) is 0 Å². The second-order valence-corrected chi connectivity index (χ2v) is 6.07. The average molecular weight is 327 g/mol. The highest BCUT2D eigenvalue weighted by molar-refractivity contribution is 5.79. The van der Waals surface area contributed by atoms with Gasteiger partial charge in [-0.3, -0.25) is 9.59 Å². The van der Waals surface area contributed by atoms with Gasteiger partial charge in [0.15, 0.2) is 0 Å². The Bertz CT molecular complexity index is 800. The summed E-state index contributed by atoms with van der Waals surface area (Å²) in [4.78, 5) is 33.1. The number of benzene rings is 1. The second-order valence-electron chi connectivity index (χ2n) is 6.07. The van der Waals surface area contributed by atoms with Gasteiger partial charge in [-0.25, -0.2) is 4.98 Å². The molecule has 0 radical (unpaired) electrons. The smallest absolute Gasteiger partial charge is 0.251 e. The lowest BCUT2D eigenvalue weighted by Crippen LogP contribution is -2.30. The zero-order valence-electron chi connectivity index (χ0n) is 13.9. The summed E-state index contributed by atoms with van der Waals surface area (Å²) in [6.45, 7) is 3.06. The van der Waals surface area contributed by atoms with E-state index in [-0.39, 0.29) is 17.4 Å². The number of rotatable bonds is 4. The molecular formula is C18H21N3O3. The molecule has 1 aliphatic heterocycles. The van der Waals surface area contributed by atoms with Gasteiger partial charge in [-0.1, -0.05) is 18.2 Å². The number of likely N-dealkylation sites (tertiary alicyclic amines) is 1. The molecule has 3 rings (SSSR count). The lowest BCUT2D eigenvalue weighted by molar-refractivity contribution is -0.129. The van der Waals surface area contributed by atoms with Crippen LogP contribution in [0, 0.1) is 6.92 Å². The number of hydrogen-bond donors (Lipinski definition) is 1. The van der Waals surface area contributed by atoms with Crippen molar-refractivity contribution < 1.29 is 9.53 Å². The third-order valence-corrected chi connectivity index (χ3v) is 4.37. The van der Waals surface area contributed by atoms with Gasteiger partial charge in [-0.05, 0) is 19.4 Å². The minimum atomic E-state index is -0.142. The quantitative estimate of drug-likeness (QED) is 0.926. The first-order valence-corrected chi connectivity index (χ1v) is 8.04. The summed E-state index contributed by atoms with van der Waals surface area (Å²) in [5.41, 5.74) is 1.51. The van der Waals surface area contributed by atoms with Gasteiger partial charge in [0.2, 0.25) is 5.91 Å². The minimum Gasteiger partial charge on any atom is -0.496 e. The Labute approximate surface area is 140 Å². The topological polar surface area (TPSA) is 75.3 Å². The molecule has 1 fully saturated rings. The number of amides is 1. The predicted octanol–water partition coefficient (Wildman–Crippen LogP) is 1.65. The van der Waals surface area contributed by atoms with Crippen LogP contribution in [0.3, 0.4) is 0 Å². The van der Waals surface area contributed by atoms with E-state index in [4.69, 9.17) is 4.74 Å². The van der Waals surface area contributed by atoms with Crippen molar-refractivity contribution in [2.75, 3.05) is 20.2 Å². The molecule has 0 unspecified atom stereocenters. The highest BCUT2D eigenvalue weighted by Gasteiger charge is 2.28. The number of carbonyl (C=O) groups is 1. The van der Waals surface area contributed by atoms with E-state index >= 15 is 0 Å². The first kappa shape index (κ1) is 16.2. The monoisotopic (exact) mass is 327 g/mol. The van der Waals surface area contributed by atoms with Crippen molar-refractivity contribution in [3.8, 4) is 5.75 Å². The van der Waals surface area contributed by atoms with Crippen LogP contribution in [0.4, 0.5) is 0 Å². The molecule has 2 aromatic rings. The van der Waals surface area contributed by atoms with E-state index in [1.165, 1.54) is 6.07 Å². The summed E-state index contributed by atoms with van der Waals surface area (Å²) in [5, 5.41) is 0. The van der Waals surface area contributed by atoms with Gasteiger partial charge in [0.05, 0.1) is 19.2 Å². The summed E-state index contributed by atoms with van der Waals surface area (Å²) in [6.07, 6.45) is 1.14. The Balaban J connectivity index is 1.69. The van der Waals surface area contributed by atoms with Gasteiger partial charge < -0.3 is 14.6 Å². The Morgan fingerprint density at radius 1 is 1.42 bits per heavy atom. The van der Waals surface area contributed by atoms with E-state index in [9.17, 15) is 9.59 Å². The third kappa shape index (κ3) is 3.48.